The fraction of sp³-hybridized carbons (Fsp3) is 0.824. The van der Waals surface area contributed by atoms with Gasteiger partial charge in [0.05, 0.1) is 19.2 Å². The predicted molar refractivity (Wildman–Crippen MR) is 106 cm³/mol. The number of hydrogen-bond acceptors (Lipinski definition) is 8. The first kappa shape index (κ1) is 25.1. The minimum atomic E-state index is -4.86. The van der Waals surface area contributed by atoms with E-state index in [1.807, 2.05) is 13.8 Å². The summed E-state index contributed by atoms with van der Waals surface area (Å²) in [6, 6.07) is -2.46. The standard InChI is InChI=1S/C17H30N4O9S/c1-11(2)19(16(24)29-17(3,4)5)8-9-28-18-14(22)13-7-6-12-10-20(13)15(23)21(12)30-31(25,26)27/h11-13H,6-10H2,1-5H3,(H,18,22)(H,25,26,27)/t12-,13+/m1/s1. The highest BCUT2D eigenvalue weighted by Gasteiger charge is 2.49. The fourth-order valence-corrected chi connectivity index (χ4v) is 3.71. The molecule has 2 aliphatic rings. The largest absolute Gasteiger partial charge is 0.444 e. The summed E-state index contributed by atoms with van der Waals surface area (Å²) in [7, 11) is -4.86. The van der Waals surface area contributed by atoms with Crippen molar-refractivity contribution in [1.29, 1.82) is 0 Å². The van der Waals surface area contributed by atoms with Gasteiger partial charge < -0.3 is 14.5 Å². The van der Waals surface area contributed by atoms with Crippen LogP contribution in [0, 0.1) is 0 Å². The lowest BCUT2D eigenvalue weighted by Crippen LogP contribution is -2.50. The maximum atomic E-state index is 12.5. The minimum absolute atomic E-state index is 0.00948. The van der Waals surface area contributed by atoms with Crippen molar-refractivity contribution >= 4 is 28.4 Å². The summed E-state index contributed by atoms with van der Waals surface area (Å²) in [6.07, 6.45) is 0.0557. The average molecular weight is 467 g/mol. The summed E-state index contributed by atoms with van der Waals surface area (Å²) in [5, 5.41) is 0.560. The molecular formula is C17H30N4O9S. The van der Waals surface area contributed by atoms with E-state index in [0.717, 1.165) is 4.90 Å². The summed E-state index contributed by atoms with van der Waals surface area (Å²) in [5.74, 6) is -0.589. The van der Waals surface area contributed by atoms with E-state index in [2.05, 4.69) is 9.76 Å². The second kappa shape index (κ2) is 9.54. The molecule has 2 saturated heterocycles. The molecule has 2 atom stereocenters. The van der Waals surface area contributed by atoms with E-state index < -0.39 is 46.1 Å². The molecule has 31 heavy (non-hydrogen) atoms. The van der Waals surface area contributed by atoms with Crippen LogP contribution in [0.1, 0.15) is 47.5 Å². The van der Waals surface area contributed by atoms with Crippen LogP contribution in [-0.4, -0.2) is 89.3 Å². The third kappa shape index (κ3) is 6.92. The van der Waals surface area contributed by atoms with Gasteiger partial charge in [0.2, 0.25) is 0 Å². The van der Waals surface area contributed by atoms with Crippen LogP contribution in [0.15, 0.2) is 0 Å². The van der Waals surface area contributed by atoms with Crippen molar-refractivity contribution in [2.24, 2.45) is 0 Å². The van der Waals surface area contributed by atoms with Crippen LogP contribution < -0.4 is 5.48 Å². The summed E-state index contributed by atoms with van der Waals surface area (Å²) >= 11 is 0. The third-order valence-electron chi connectivity index (χ3n) is 4.66. The van der Waals surface area contributed by atoms with Crippen molar-refractivity contribution in [1.82, 2.24) is 20.3 Å². The zero-order valence-corrected chi connectivity index (χ0v) is 19.0. The summed E-state index contributed by atoms with van der Waals surface area (Å²) in [5.41, 5.74) is 1.62. The van der Waals surface area contributed by atoms with E-state index in [4.69, 9.17) is 14.1 Å². The van der Waals surface area contributed by atoms with Gasteiger partial charge in [-0.3, -0.25) is 14.2 Å². The van der Waals surface area contributed by atoms with E-state index >= 15 is 0 Å². The normalized spacial score (nSPS) is 21.5. The Hall–Kier alpha value is -2.16. The molecule has 0 aromatic heterocycles. The van der Waals surface area contributed by atoms with Crippen molar-refractivity contribution in [2.75, 3.05) is 19.7 Å². The summed E-state index contributed by atoms with van der Waals surface area (Å²) in [4.78, 5) is 44.9. The number of carbonyl (C=O) groups is 3. The number of urea groups is 1. The first-order chi connectivity index (χ1) is 14.2. The predicted octanol–water partition coefficient (Wildman–Crippen LogP) is 0.683. The highest BCUT2D eigenvalue weighted by atomic mass is 32.3. The van der Waals surface area contributed by atoms with Crippen molar-refractivity contribution in [3.63, 3.8) is 0 Å². The lowest BCUT2D eigenvalue weighted by molar-refractivity contribution is -0.139. The summed E-state index contributed by atoms with van der Waals surface area (Å²) < 4.78 is 40.3. The SMILES string of the molecule is CC(C)N(CCONC(=O)[C@@H]1CC[C@@H]2CN1C(=O)N2OS(=O)(=O)O)C(=O)OC(C)(C)C. The lowest BCUT2D eigenvalue weighted by Gasteiger charge is -2.30. The molecule has 2 bridgehead atoms. The molecule has 14 heteroatoms. The van der Waals surface area contributed by atoms with Crippen molar-refractivity contribution in [3.05, 3.63) is 0 Å². The van der Waals surface area contributed by atoms with Gasteiger partial charge in [-0.2, -0.15) is 13.5 Å². The Morgan fingerprint density at radius 1 is 1.29 bits per heavy atom. The Labute approximate surface area is 181 Å². The number of amides is 4. The molecule has 2 fully saturated rings. The number of rotatable bonds is 8. The van der Waals surface area contributed by atoms with E-state index in [9.17, 15) is 22.8 Å². The molecule has 2 aliphatic heterocycles. The van der Waals surface area contributed by atoms with Crippen LogP contribution in [0.5, 0.6) is 0 Å². The number of nitrogens with one attached hydrogen (secondary N) is 1. The van der Waals surface area contributed by atoms with E-state index in [0.29, 0.717) is 11.5 Å². The number of ether oxygens (including phenoxy) is 1. The average Bonchev–Trinajstić information content (AvgIpc) is 2.83. The second-order valence-corrected chi connectivity index (χ2v) is 9.60. The van der Waals surface area contributed by atoms with Gasteiger partial charge in [-0.15, -0.1) is 4.28 Å². The van der Waals surface area contributed by atoms with E-state index in [-0.39, 0.29) is 32.2 Å². The highest BCUT2D eigenvalue weighted by molar-refractivity contribution is 7.80. The van der Waals surface area contributed by atoms with Crippen LogP contribution >= 0.6 is 0 Å². The van der Waals surface area contributed by atoms with Crippen molar-refractivity contribution in [3.8, 4) is 0 Å². The molecule has 0 aromatic carbocycles. The number of hydrogen-bond donors (Lipinski definition) is 2. The van der Waals surface area contributed by atoms with Crippen molar-refractivity contribution < 1.29 is 41.2 Å². The van der Waals surface area contributed by atoms with Gasteiger partial charge in [-0.05, 0) is 47.5 Å². The topological polar surface area (TPSA) is 155 Å². The van der Waals surface area contributed by atoms with Crippen LogP contribution in [0.2, 0.25) is 0 Å². The van der Waals surface area contributed by atoms with Gasteiger partial charge in [0, 0.05) is 12.6 Å². The number of hydroxylamine groups is 3. The van der Waals surface area contributed by atoms with Crippen LogP contribution in [0.3, 0.4) is 0 Å². The molecule has 2 heterocycles. The van der Waals surface area contributed by atoms with Gasteiger partial charge in [0.15, 0.2) is 0 Å². The van der Waals surface area contributed by atoms with Crippen LogP contribution in [-0.2, 0) is 29.1 Å². The molecule has 0 aromatic rings. The van der Waals surface area contributed by atoms with Gasteiger partial charge in [0.1, 0.15) is 11.6 Å². The Morgan fingerprint density at radius 3 is 2.48 bits per heavy atom. The van der Waals surface area contributed by atoms with Crippen LogP contribution in [0.4, 0.5) is 9.59 Å². The molecule has 0 saturated carbocycles. The monoisotopic (exact) mass is 466 g/mol. The van der Waals surface area contributed by atoms with Gasteiger partial charge >= 0.3 is 22.5 Å². The molecule has 13 nitrogen and oxygen atoms in total. The Kier molecular flexibility index (Phi) is 7.73. The van der Waals surface area contributed by atoms with Crippen LogP contribution in [0.25, 0.3) is 0 Å². The maximum absolute atomic E-state index is 12.5. The minimum Gasteiger partial charge on any atom is -0.444 e. The van der Waals surface area contributed by atoms with E-state index in [1.54, 1.807) is 20.8 Å². The molecular weight excluding hydrogens is 436 g/mol. The maximum Gasteiger partial charge on any atom is 0.418 e. The first-order valence-electron chi connectivity index (χ1n) is 9.87. The number of piperidine rings is 1. The fourth-order valence-electron chi connectivity index (χ4n) is 3.32. The second-order valence-electron chi connectivity index (χ2n) is 8.59. The third-order valence-corrected chi connectivity index (χ3v) is 5.01. The number of fused-ring (bicyclic) bond motifs is 2. The number of nitrogens with zero attached hydrogens (tertiary/aromatic N) is 3. The smallest absolute Gasteiger partial charge is 0.418 e. The Balaban J connectivity index is 1.85. The highest BCUT2D eigenvalue weighted by Crippen LogP contribution is 2.30. The first-order valence-corrected chi connectivity index (χ1v) is 11.2. The van der Waals surface area contributed by atoms with Gasteiger partial charge in [-0.25, -0.2) is 15.1 Å². The zero-order chi connectivity index (χ0) is 23.6. The Bertz CT molecular complexity index is 796. The molecule has 0 unspecified atom stereocenters. The molecule has 2 rings (SSSR count). The van der Waals surface area contributed by atoms with Gasteiger partial charge in [-0.1, -0.05) is 0 Å². The molecule has 0 radical (unpaired) electrons. The van der Waals surface area contributed by atoms with E-state index in [1.165, 1.54) is 4.90 Å². The molecule has 0 spiro atoms. The Morgan fingerprint density at radius 2 is 1.94 bits per heavy atom. The molecule has 4 amide bonds. The molecule has 0 aliphatic carbocycles. The summed E-state index contributed by atoms with van der Waals surface area (Å²) in [6.45, 7) is 9.15. The zero-order valence-electron chi connectivity index (χ0n) is 18.2. The van der Waals surface area contributed by atoms with Crippen molar-refractivity contribution in [2.45, 2.75) is 71.2 Å². The molecule has 178 valence electrons. The number of carbonyl (C=O) groups excluding carboxylic acids is 3. The lowest BCUT2D eigenvalue weighted by atomic mass is 10.0. The quantitative estimate of drug-likeness (QED) is 0.298. The van der Waals surface area contributed by atoms with Gasteiger partial charge in [0.25, 0.3) is 5.91 Å². The molecule has 2 N–H and O–H groups in total.